The average Bonchev–Trinajstić information content (AvgIpc) is 2.98. The number of fused-ring (bicyclic) bond motifs is 3. The number of benzene rings is 1. The van der Waals surface area contributed by atoms with E-state index in [9.17, 15) is 4.79 Å². The fourth-order valence-electron chi connectivity index (χ4n) is 3.39. The van der Waals surface area contributed by atoms with Gasteiger partial charge in [0, 0.05) is 5.92 Å². The highest BCUT2D eigenvalue weighted by Gasteiger charge is 2.57. The van der Waals surface area contributed by atoms with Gasteiger partial charge in [-0.3, -0.25) is 10.1 Å². The number of aromatic amines is 1. The summed E-state index contributed by atoms with van der Waals surface area (Å²) in [6.45, 7) is 0. The summed E-state index contributed by atoms with van der Waals surface area (Å²) in [4.78, 5) is 16.2. The van der Waals surface area contributed by atoms with Crippen molar-refractivity contribution in [2.45, 2.75) is 18.8 Å². The lowest BCUT2D eigenvalue weighted by molar-refractivity contribution is -0.117. The first-order chi connectivity index (χ1) is 9.34. The zero-order valence-electron chi connectivity index (χ0n) is 10.3. The highest BCUT2D eigenvalue weighted by molar-refractivity contribution is 5.94. The molecule has 0 aliphatic heterocycles. The highest BCUT2D eigenvalue weighted by Crippen LogP contribution is 2.59. The van der Waals surface area contributed by atoms with Gasteiger partial charge >= 0.3 is 0 Å². The maximum absolute atomic E-state index is 12.2. The summed E-state index contributed by atoms with van der Waals surface area (Å²) in [5.41, 5.74) is 2.76. The Morgan fingerprint density at radius 2 is 2.26 bits per heavy atom. The lowest BCUT2D eigenvalue weighted by Crippen LogP contribution is -2.16. The third-order valence-corrected chi connectivity index (χ3v) is 4.29. The largest absolute Gasteiger partial charge is 0.295 e. The Morgan fingerprint density at radius 1 is 1.37 bits per heavy atom. The molecule has 19 heavy (non-hydrogen) atoms. The number of carbonyl (C=O) groups is 1. The quantitative estimate of drug-likeness (QED) is 0.857. The molecule has 96 valence electrons. The zero-order chi connectivity index (χ0) is 12.8. The van der Waals surface area contributed by atoms with Crippen molar-refractivity contribution in [2.24, 2.45) is 11.8 Å². The van der Waals surface area contributed by atoms with Crippen molar-refractivity contribution in [3.8, 4) is 0 Å². The van der Waals surface area contributed by atoms with Crippen molar-refractivity contribution in [1.82, 2.24) is 15.2 Å². The molecular formula is C14H14N4O. The number of H-pyrrole nitrogens is 1. The number of rotatable bonds is 2. The third kappa shape index (κ3) is 1.65. The van der Waals surface area contributed by atoms with Crippen LogP contribution in [0.2, 0.25) is 0 Å². The van der Waals surface area contributed by atoms with Gasteiger partial charge in [-0.25, -0.2) is 5.10 Å². The van der Waals surface area contributed by atoms with Crippen molar-refractivity contribution < 1.29 is 4.79 Å². The van der Waals surface area contributed by atoms with Gasteiger partial charge < -0.3 is 0 Å². The molecule has 0 saturated heterocycles. The second-order valence-electron chi connectivity index (χ2n) is 5.28. The normalized spacial score (nSPS) is 27.3. The Morgan fingerprint density at radius 3 is 3.11 bits per heavy atom. The number of anilines is 1. The van der Waals surface area contributed by atoms with Gasteiger partial charge in [-0.1, -0.05) is 24.3 Å². The van der Waals surface area contributed by atoms with Gasteiger partial charge in [0.2, 0.25) is 11.9 Å². The van der Waals surface area contributed by atoms with Crippen molar-refractivity contribution in [3.05, 3.63) is 41.7 Å². The van der Waals surface area contributed by atoms with E-state index in [0.717, 1.165) is 12.8 Å². The van der Waals surface area contributed by atoms with Gasteiger partial charge in [-0.2, -0.15) is 10.1 Å². The number of carbonyl (C=O) groups excluding carboxylic acids is 1. The molecule has 0 bridgehead atoms. The molecule has 1 aromatic carbocycles. The summed E-state index contributed by atoms with van der Waals surface area (Å²) in [6, 6.07) is 8.47. The van der Waals surface area contributed by atoms with E-state index < -0.39 is 0 Å². The summed E-state index contributed by atoms with van der Waals surface area (Å²) < 4.78 is 0. The summed E-state index contributed by atoms with van der Waals surface area (Å²) >= 11 is 0. The molecule has 1 amide bonds. The topological polar surface area (TPSA) is 70.7 Å². The Bertz CT molecular complexity index is 622. The number of hydrogen-bond donors (Lipinski definition) is 2. The molecular weight excluding hydrogens is 240 g/mol. The molecule has 0 radical (unpaired) electrons. The van der Waals surface area contributed by atoms with Crippen molar-refractivity contribution >= 4 is 11.9 Å². The molecule has 2 aliphatic rings. The van der Waals surface area contributed by atoms with Gasteiger partial charge in [0.15, 0.2) is 0 Å². The standard InChI is InChI=1S/C14H14N4O/c19-13(17-14-15-7-16-18-14)12-10-6-5-8-3-1-2-4-9(8)11(10)12/h1-4,7,10-12H,5-6H2,(H2,15,16,17,18,19). The molecule has 3 atom stereocenters. The summed E-state index contributed by atoms with van der Waals surface area (Å²) in [5, 5.41) is 9.19. The van der Waals surface area contributed by atoms with Crippen LogP contribution in [0.1, 0.15) is 23.5 Å². The molecule has 0 spiro atoms. The molecule has 3 unspecified atom stereocenters. The lowest BCUT2D eigenvalue weighted by Gasteiger charge is -2.13. The van der Waals surface area contributed by atoms with E-state index >= 15 is 0 Å². The Kier molecular flexibility index (Phi) is 2.21. The number of aromatic nitrogens is 3. The van der Waals surface area contributed by atoms with Crippen LogP contribution in [0.3, 0.4) is 0 Å². The van der Waals surface area contributed by atoms with Crippen LogP contribution < -0.4 is 5.32 Å². The maximum atomic E-state index is 12.2. The Labute approximate surface area is 110 Å². The Hall–Kier alpha value is -2.17. The molecule has 2 aliphatic carbocycles. The number of hydrogen-bond acceptors (Lipinski definition) is 3. The zero-order valence-corrected chi connectivity index (χ0v) is 10.3. The van der Waals surface area contributed by atoms with Crippen LogP contribution in [0.4, 0.5) is 5.95 Å². The average molecular weight is 254 g/mol. The summed E-state index contributed by atoms with van der Waals surface area (Å²) in [6.07, 6.45) is 3.59. The number of nitrogens with one attached hydrogen (secondary N) is 2. The van der Waals surface area contributed by atoms with Crippen LogP contribution in [0.5, 0.6) is 0 Å². The van der Waals surface area contributed by atoms with Crippen LogP contribution in [0.15, 0.2) is 30.6 Å². The van der Waals surface area contributed by atoms with Gasteiger partial charge in [0.1, 0.15) is 6.33 Å². The lowest BCUT2D eigenvalue weighted by atomic mass is 9.92. The minimum Gasteiger partial charge on any atom is -0.295 e. The van der Waals surface area contributed by atoms with Gasteiger partial charge in [0.05, 0.1) is 0 Å². The van der Waals surface area contributed by atoms with E-state index in [2.05, 4.69) is 44.8 Å². The minimum atomic E-state index is 0.0588. The van der Waals surface area contributed by atoms with Crippen LogP contribution >= 0.6 is 0 Å². The molecule has 2 N–H and O–H groups in total. The second-order valence-corrected chi connectivity index (χ2v) is 5.28. The predicted molar refractivity (Wildman–Crippen MR) is 69.5 cm³/mol. The van der Waals surface area contributed by atoms with Crippen LogP contribution in [0.25, 0.3) is 0 Å². The van der Waals surface area contributed by atoms with E-state index in [4.69, 9.17) is 0 Å². The van der Waals surface area contributed by atoms with E-state index in [1.54, 1.807) is 0 Å². The molecule has 5 nitrogen and oxygen atoms in total. The molecule has 1 aromatic heterocycles. The molecule has 1 fully saturated rings. The van der Waals surface area contributed by atoms with Gasteiger partial charge in [-0.15, -0.1) is 0 Å². The number of nitrogens with zero attached hydrogens (tertiary/aromatic N) is 2. The summed E-state index contributed by atoms with van der Waals surface area (Å²) in [5.74, 6) is 1.48. The fraction of sp³-hybridized carbons (Fsp3) is 0.357. The molecule has 2 aromatic rings. The van der Waals surface area contributed by atoms with Crippen LogP contribution in [0, 0.1) is 11.8 Å². The van der Waals surface area contributed by atoms with E-state index in [-0.39, 0.29) is 11.8 Å². The third-order valence-electron chi connectivity index (χ3n) is 4.29. The van der Waals surface area contributed by atoms with Gasteiger partial charge in [0.25, 0.3) is 0 Å². The first-order valence-electron chi connectivity index (χ1n) is 6.58. The first-order valence-corrected chi connectivity index (χ1v) is 6.58. The minimum absolute atomic E-state index is 0.0588. The smallest absolute Gasteiger partial charge is 0.230 e. The molecule has 5 heteroatoms. The first kappa shape index (κ1) is 10.7. The van der Waals surface area contributed by atoms with Crippen molar-refractivity contribution in [1.29, 1.82) is 0 Å². The summed E-state index contributed by atoms with van der Waals surface area (Å²) in [7, 11) is 0. The van der Waals surface area contributed by atoms with E-state index in [1.165, 1.54) is 17.5 Å². The second kappa shape index (κ2) is 3.91. The van der Waals surface area contributed by atoms with E-state index in [1.807, 2.05) is 0 Å². The fourth-order valence-corrected chi connectivity index (χ4v) is 3.39. The number of aryl methyl sites for hydroxylation is 1. The SMILES string of the molecule is O=C(Nc1ncn[nH]1)C1C2CCc3ccccc3C21. The Balaban J connectivity index is 1.55. The van der Waals surface area contributed by atoms with E-state index in [0.29, 0.717) is 17.8 Å². The molecule has 1 saturated carbocycles. The monoisotopic (exact) mass is 254 g/mol. The molecule has 4 rings (SSSR count). The van der Waals surface area contributed by atoms with Crippen LogP contribution in [-0.2, 0) is 11.2 Å². The van der Waals surface area contributed by atoms with Crippen molar-refractivity contribution in [3.63, 3.8) is 0 Å². The highest BCUT2D eigenvalue weighted by atomic mass is 16.2. The van der Waals surface area contributed by atoms with Crippen LogP contribution in [-0.4, -0.2) is 21.1 Å². The molecule has 1 heterocycles. The predicted octanol–water partition coefficient (Wildman–Crippen LogP) is 1.72. The van der Waals surface area contributed by atoms with Gasteiger partial charge in [-0.05, 0) is 35.8 Å². The maximum Gasteiger partial charge on any atom is 0.230 e. The number of amides is 1. The van der Waals surface area contributed by atoms with Crippen molar-refractivity contribution in [2.75, 3.05) is 5.32 Å².